The molecule has 0 bridgehead atoms. The van der Waals surface area contributed by atoms with Gasteiger partial charge in [0.1, 0.15) is 18.4 Å². The number of amides is 1. The fourth-order valence-electron chi connectivity index (χ4n) is 1.81. The maximum Gasteiger partial charge on any atom is 0.408 e. The number of aliphatic hydroxyl groups excluding tert-OH is 1. The number of hydrogen-bond donors (Lipinski definition) is 2. The summed E-state index contributed by atoms with van der Waals surface area (Å²) in [6.45, 7) is 3.99. The topological polar surface area (TPSA) is 92.7 Å². The van der Waals surface area contributed by atoms with Crippen LogP contribution in [-0.2, 0) is 14.6 Å². The molecule has 0 aliphatic carbocycles. The van der Waals surface area contributed by atoms with Gasteiger partial charge in [-0.25, -0.2) is 17.6 Å². The molecule has 0 heterocycles. The van der Waals surface area contributed by atoms with Crippen molar-refractivity contribution in [3.63, 3.8) is 0 Å². The number of carbonyl (C=O) groups is 1. The number of rotatable bonds is 5. The number of aliphatic hydroxyl groups is 1. The summed E-state index contributed by atoms with van der Waals surface area (Å²) < 4.78 is 40.9. The fraction of sp³-hybridized carbons (Fsp3) is 0.533. The molecule has 0 saturated heterocycles. The lowest BCUT2D eigenvalue weighted by molar-refractivity contribution is 0.0396. The van der Waals surface area contributed by atoms with Crippen LogP contribution in [0.15, 0.2) is 29.2 Å². The smallest absolute Gasteiger partial charge is 0.408 e. The Balaban J connectivity index is 2.84. The quantitative estimate of drug-likeness (QED) is 0.850. The van der Waals surface area contributed by atoms with Gasteiger partial charge in [-0.15, -0.1) is 0 Å². The van der Waals surface area contributed by atoms with Crippen LogP contribution in [0.5, 0.6) is 0 Å². The Hall–Kier alpha value is -1.67. The molecule has 8 heteroatoms. The Morgan fingerprint density at radius 3 is 2.22 bits per heavy atom. The highest BCUT2D eigenvalue weighted by Gasteiger charge is 2.26. The zero-order valence-corrected chi connectivity index (χ0v) is 14.4. The number of alkyl halides is 1. The first-order valence-electron chi connectivity index (χ1n) is 6.97. The highest BCUT2D eigenvalue weighted by atomic mass is 32.2. The third kappa shape index (κ3) is 6.15. The van der Waals surface area contributed by atoms with Gasteiger partial charge in [-0.2, -0.15) is 0 Å². The van der Waals surface area contributed by atoms with E-state index in [1.54, 1.807) is 20.8 Å². The lowest BCUT2D eigenvalue weighted by atomic mass is 10.0. The SMILES string of the molecule is CC(C)(C)OC(=O)N[C@H](CF)[C@@H](O)c1ccc(S(C)(=O)=O)cc1. The van der Waals surface area contributed by atoms with Gasteiger partial charge in [-0.3, -0.25) is 0 Å². The van der Waals surface area contributed by atoms with E-state index in [4.69, 9.17) is 4.74 Å². The van der Waals surface area contributed by atoms with E-state index in [-0.39, 0.29) is 10.5 Å². The molecular formula is C15H22FNO5S. The number of sulfone groups is 1. The summed E-state index contributed by atoms with van der Waals surface area (Å²) in [6.07, 6.45) is -1.11. The Bertz CT molecular complexity index is 637. The molecule has 2 N–H and O–H groups in total. The minimum Gasteiger partial charge on any atom is -0.444 e. The first-order chi connectivity index (χ1) is 10.4. The van der Waals surface area contributed by atoms with E-state index in [9.17, 15) is 22.7 Å². The van der Waals surface area contributed by atoms with E-state index in [1.807, 2.05) is 0 Å². The summed E-state index contributed by atoms with van der Waals surface area (Å²) in [5.74, 6) is 0. The van der Waals surface area contributed by atoms with E-state index >= 15 is 0 Å². The van der Waals surface area contributed by atoms with Crippen LogP contribution in [-0.4, -0.2) is 44.2 Å². The van der Waals surface area contributed by atoms with Crippen LogP contribution in [0.4, 0.5) is 9.18 Å². The Kier molecular flexibility index (Phi) is 6.12. The molecule has 1 aromatic carbocycles. The predicted molar refractivity (Wildman–Crippen MR) is 83.6 cm³/mol. The molecule has 6 nitrogen and oxygen atoms in total. The van der Waals surface area contributed by atoms with Gasteiger partial charge in [0.25, 0.3) is 0 Å². The second-order valence-electron chi connectivity index (χ2n) is 6.19. The molecule has 0 saturated carbocycles. The van der Waals surface area contributed by atoms with Crippen molar-refractivity contribution in [1.29, 1.82) is 0 Å². The molecule has 0 aliphatic rings. The minimum absolute atomic E-state index is 0.0883. The van der Waals surface area contributed by atoms with Gasteiger partial charge in [0, 0.05) is 6.26 Å². The molecule has 0 spiro atoms. The third-order valence-corrected chi connectivity index (χ3v) is 4.03. The van der Waals surface area contributed by atoms with Gasteiger partial charge in [0.05, 0.1) is 10.9 Å². The zero-order chi connectivity index (χ0) is 17.8. The van der Waals surface area contributed by atoms with Gasteiger partial charge in [-0.1, -0.05) is 12.1 Å². The maximum absolute atomic E-state index is 13.1. The van der Waals surface area contributed by atoms with Crippen molar-refractivity contribution in [3.05, 3.63) is 29.8 Å². The van der Waals surface area contributed by atoms with Gasteiger partial charge in [0.15, 0.2) is 9.84 Å². The van der Waals surface area contributed by atoms with Crippen LogP contribution in [0.3, 0.4) is 0 Å². The standard InChI is InChI=1S/C15H22FNO5S/c1-15(2,3)22-14(19)17-12(9-16)13(18)10-5-7-11(8-6-10)23(4,20)21/h5-8,12-13,18H,9H2,1-4H3,(H,17,19)/t12-,13+/m1/s1. The number of ether oxygens (including phenoxy) is 1. The molecular weight excluding hydrogens is 325 g/mol. The van der Waals surface area contributed by atoms with Crippen molar-refractivity contribution < 1.29 is 27.4 Å². The summed E-state index contributed by atoms with van der Waals surface area (Å²) in [4.78, 5) is 11.7. The van der Waals surface area contributed by atoms with Gasteiger partial charge in [0.2, 0.25) is 0 Å². The molecule has 0 radical (unpaired) electrons. The lowest BCUT2D eigenvalue weighted by Gasteiger charge is -2.25. The molecule has 0 unspecified atom stereocenters. The summed E-state index contributed by atoms with van der Waals surface area (Å²) in [5, 5.41) is 12.4. The number of nitrogens with one attached hydrogen (secondary N) is 1. The van der Waals surface area contributed by atoms with Gasteiger partial charge < -0.3 is 15.2 Å². The first kappa shape index (κ1) is 19.4. The van der Waals surface area contributed by atoms with Crippen molar-refractivity contribution in [1.82, 2.24) is 5.32 Å². The Morgan fingerprint density at radius 1 is 1.30 bits per heavy atom. The highest BCUT2D eigenvalue weighted by Crippen LogP contribution is 2.20. The van der Waals surface area contributed by atoms with E-state index in [1.165, 1.54) is 24.3 Å². The van der Waals surface area contributed by atoms with Crippen LogP contribution in [0, 0.1) is 0 Å². The third-order valence-electron chi connectivity index (χ3n) is 2.90. The predicted octanol–water partition coefficient (Wildman–Crippen LogP) is 1.99. The first-order valence-corrected chi connectivity index (χ1v) is 8.87. The van der Waals surface area contributed by atoms with Crippen LogP contribution in [0.2, 0.25) is 0 Å². The molecule has 1 amide bonds. The number of benzene rings is 1. The maximum atomic E-state index is 13.1. The normalized spacial score (nSPS) is 14.9. The molecule has 23 heavy (non-hydrogen) atoms. The molecule has 0 fully saturated rings. The van der Waals surface area contributed by atoms with E-state index < -0.39 is 40.4 Å². The van der Waals surface area contributed by atoms with Crippen molar-refractivity contribution >= 4 is 15.9 Å². The monoisotopic (exact) mass is 347 g/mol. The lowest BCUT2D eigenvalue weighted by Crippen LogP contribution is -2.43. The second-order valence-corrected chi connectivity index (χ2v) is 8.21. The number of hydrogen-bond acceptors (Lipinski definition) is 5. The summed E-state index contributed by atoms with van der Waals surface area (Å²) in [7, 11) is -3.36. The zero-order valence-electron chi connectivity index (χ0n) is 13.5. The van der Waals surface area contributed by atoms with Crippen molar-refractivity contribution in [2.24, 2.45) is 0 Å². The largest absolute Gasteiger partial charge is 0.444 e. The molecule has 0 aromatic heterocycles. The molecule has 130 valence electrons. The molecule has 2 atom stereocenters. The number of alkyl carbamates (subject to hydrolysis) is 1. The Labute approximate surface area is 135 Å². The van der Waals surface area contributed by atoms with Crippen molar-refractivity contribution in [2.75, 3.05) is 12.9 Å². The van der Waals surface area contributed by atoms with E-state index in [2.05, 4.69) is 5.32 Å². The van der Waals surface area contributed by atoms with Crippen LogP contribution < -0.4 is 5.32 Å². The highest BCUT2D eigenvalue weighted by molar-refractivity contribution is 7.90. The van der Waals surface area contributed by atoms with Crippen LogP contribution in [0.1, 0.15) is 32.4 Å². The van der Waals surface area contributed by atoms with E-state index in [0.717, 1.165) is 6.26 Å². The summed E-state index contributed by atoms with van der Waals surface area (Å²) in [5.41, 5.74) is -0.455. The second kappa shape index (κ2) is 7.27. The average Bonchev–Trinajstić information content (AvgIpc) is 2.41. The molecule has 1 rings (SSSR count). The molecule has 1 aromatic rings. The summed E-state index contributed by atoms with van der Waals surface area (Å²) >= 11 is 0. The van der Waals surface area contributed by atoms with Crippen LogP contribution >= 0.6 is 0 Å². The van der Waals surface area contributed by atoms with Crippen LogP contribution in [0.25, 0.3) is 0 Å². The summed E-state index contributed by atoms with van der Waals surface area (Å²) in [6, 6.07) is 4.18. The van der Waals surface area contributed by atoms with Gasteiger partial charge in [-0.05, 0) is 38.5 Å². The van der Waals surface area contributed by atoms with Crippen molar-refractivity contribution in [3.8, 4) is 0 Å². The number of halogens is 1. The Morgan fingerprint density at radius 2 is 1.83 bits per heavy atom. The van der Waals surface area contributed by atoms with E-state index in [0.29, 0.717) is 0 Å². The average molecular weight is 347 g/mol. The number of carbonyl (C=O) groups excluding carboxylic acids is 1. The van der Waals surface area contributed by atoms with Gasteiger partial charge >= 0.3 is 6.09 Å². The fourth-order valence-corrected chi connectivity index (χ4v) is 2.44. The van der Waals surface area contributed by atoms with Crippen molar-refractivity contribution in [2.45, 2.75) is 43.4 Å². The molecule has 0 aliphatic heterocycles. The minimum atomic E-state index is -3.36.